The van der Waals surface area contributed by atoms with Gasteiger partial charge in [-0.25, -0.2) is 4.98 Å². The van der Waals surface area contributed by atoms with Crippen LogP contribution in [-0.4, -0.2) is 22.2 Å². The zero-order valence-electron chi connectivity index (χ0n) is 10.8. The highest BCUT2D eigenvalue weighted by molar-refractivity contribution is 9.11. The quantitative estimate of drug-likeness (QED) is 0.804. The molecule has 0 amide bonds. The number of hydrogen-bond acceptors (Lipinski definition) is 6. The van der Waals surface area contributed by atoms with Gasteiger partial charge < -0.3 is 9.42 Å². The Kier molecular flexibility index (Phi) is 3.68. The topological polar surface area (TPSA) is 55.1 Å². The molecule has 0 unspecified atom stereocenters. The minimum atomic E-state index is -4.47. The zero-order chi connectivity index (χ0) is 15.2. The van der Waals surface area contributed by atoms with E-state index in [0.717, 1.165) is 24.2 Å². The Morgan fingerprint density at radius 3 is 2.67 bits per heavy atom. The molecule has 2 aromatic rings. The van der Waals surface area contributed by atoms with Crippen molar-refractivity contribution in [1.29, 1.82) is 0 Å². The molecule has 0 bridgehead atoms. The van der Waals surface area contributed by atoms with E-state index in [1.807, 2.05) is 0 Å². The van der Waals surface area contributed by atoms with E-state index in [4.69, 9.17) is 4.52 Å². The van der Waals surface area contributed by atoms with Crippen molar-refractivity contribution in [3.63, 3.8) is 0 Å². The van der Waals surface area contributed by atoms with E-state index in [2.05, 4.69) is 31.1 Å². The molecule has 2 heterocycles. The third-order valence-electron chi connectivity index (χ3n) is 2.96. The Hall–Kier alpha value is -1.16. The van der Waals surface area contributed by atoms with Gasteiger partial charge in [0, 0.05) is 13.0 Å². The van der Waals surface area contributed by atoms with Crippen molar-refractivity contribution in [2.24, 2.45) is 0 Å². The fourth-order valence-corrected chi connectivity index (χ4v) is 3.26. The minimum Gasteiger partial charge on any atom is -0.343 e. The molecule has 0 aliphatic heterocycles. The van der Waals surface area contributed by atoms with Crippen LogP contribution in [0.4, 0.5) is 18.3 Å². The molecule has 10 heteroatoms. The average molecular weight is 383 g/mol. The van der Waals surface area contributed by atoms with E-state index >= 15 is 0 Å². The minimum absolute atomic E-state index is 0.0383. The number of thiazole rings is 1. The summed E-state index contributed by atoms with van der Waals surface area (Å²) in [6.45, 7) is 0.244. The lowest BCUT2D eigenvalue weighted by atomic mass is 10.4. The second kappa shape index (κ2) is 5.24. The van der Waals surface area contributed by atoms with Crippen molar-refractivity contribution in [1.82, 2.24) is 15.1 Å². The second-order valence-corrected chi connectivity index (χ2v) is 7.09. The summed E-state index contributed by atoms with van der Waals surface area (Å²) in [5.74, 6) is 1.40. The van der Waals surface area contributed by atoms with Crippen LogP contribution in [0.2, 0.25) is 0 Å². The molecule has 0 aromatic carbocycles. The molecule has 3 rings (SSSR count). The number of aromatic nitrogens is 3. The third-order valence-corrected chi connectivity index (χ3v) is 4.78. The van der Waals surface area contributed by atoms with E-state index in [-0.39, 0.29) is 15.5 Å². The van der Waals surface area contributed by atoms with Crippen LogP contribution in [0.5, 0.6) is 0 Å². The van der Waals surface area contributed by atoms with Gasteiger partial charge in [-0.1, -0.05) is 16.5 Å². The number of rotatable bonds is 4. The monoisotopic (exact) mass is 382 g/mol. The lowest BCUT2D eigenvalue weighted by molar-refractivity contribution is -0.141. The van der Waals surface area contributed by atoms with E-state index < -0.39 is 11.9 Å². The number of halogens is 4. The molecule has 1 saturated carbocycles. The van der Waals surface area contributed by atoms with Gasteiger partial charge in [-0.15, -0.1) is 0 Å². The molecule has 114 valence electrons. The van der Waals surface area contributed by atoms with Crippen LogP contribution in [0.1, 0.15) is 36.2 Å². The summed E-state index contributed by atoms with van der Waals surface area (Å²) in [5.41, 5.74) is -0.916. The molecule has 1 aliphatic carbocycles. The normalized spacial score (nSPS) is 15.5. The molecular formula is C11H10BrF3N4OS. The van der Waals surface area contributed by atoms with Gasteiger partial charge in [0.1, 0.15) is 3.79 Å². The van der Waals surface area contributed by atoms with E-state index in [1.165, 1.54) is 0 Å². The Morgan fingerprint density at radius 2 is 2.10 bits per heavy atom. The molecule has 21 heavy (non-hydrogen) atoms. The predicted molar refractivity (Wildman–Crippen MR) is 73.2 cm³/mol. The molecule has 0 radical (unpaired) electrons. The summed E-state index contributed by atoms with van der Waals surface area (Å²) in [5, 5.41) is 4.08. The van der Waals surface area contributed by atoms with Gasteiger partial charge in [-0.3, -0.25) is 0 Å². The van der Waals surface area contributed by atoms with Crippen molar-refractivity contribution in [2.75, 3.05) is 11.9 Å². The Morgan fingerprint density at radius 1 is 1.38 bits per heavy atom. The predicted octanol–water partition coefficient (Wildman–Crippen LogP) is 3.82. The SMILES string of the molecule is CN(Cc1noc(C2CC2)n1)c1nc(C(F)(F)F)c(Br)s1. The van der Waals surface area contributed by atoms with E-state index in [1.54, 1.807) is 11.9 Å². The van der Waals surface area contributed by atoms with Gasteiger partial charge in [0.2, 0.25) is 5.89 Å². The van der Waals surface area contributed by atoms with Crippen molar-refractivity contribution < 1.29 is 17.7 Å². The average Bonchev–Trinajstić information content (AvgIpc) is 2.99. The Labute approximate surface area is 130 Å². The first-order valence-electron chi connectivity index (χ1n) is 6.11. The van der Waals surface area contributed by atoms with Gasteiger partial charge in [0.25, 0.3) is 0 Å². The zero-order valence-corrected chi connectivity index (χ0v) is 13.2. The van der Waals surface area contributed by atoms with Gasteiger partial charge >= 0.3 is 6.18 Å². The maximum absolute atomic E-state index is 12.7. The molecular weight excluding hydrogens is 373 g/mol. The number of nitrogens with zero attached hydrogens (tertiary/aromatic N) is 4. The van der Waals surface area contributed by atoms with Crippen LogP contribution < -0.4 is 4.90 Å². The van der Waals surface area contributed by atoms with Crippen LogP contribution in [0.15, 0.2) is 8.31 Å². The maximum atomic E-state index is 12.7. The standard InChI is InChI=1S/C11H10BrF3N4OS/c1-19(4-6-16-9(20-18-6)5-2-3-5)10-17-7(8(12)21-10)11(13,14)15/h5H,2-4H2,1H3. The van der Waals surface area contributed by atoms with Crippen molar-refractivity contribution in [3.05, 3.63) is 21.2 Å². The lowest BCUT2D eigenvalue weighted by Gasteiger charge is -2.12. The number of anilines is 1. The largest absolute Gasteiger partial charge is 0.435 e. The summed E-state index contributed by atoms with van der Waals surface area (Å²) >= 11 is 3.82. The van der Waals surface area contributed by atoms with Crippen molar-refractivity contribution >= 4 is 32.4 Å². The number of alkyl halides is 3. The van der Waals surface area contributed by atoms with Crippen LogP contribution in [0, 0.1) is 0 Å². The summed E-state index contributed by atoms with van der Waals surface area (Å²) in [7, 11) is 1.64. The smallest absolute Gasteiger partial charge is 0.343 e. The Bertz CT molecular complexity index is 652. The summed E-state index contributed by atoms with van der Waals surface area (Å²) in [6, 6.07) is 0. The first-order valence-corrected chi connectivity index (χ1v) is 7.72. The molecule has 0 spiro atoms. The van der Waals surface area contributed by atoms with Crippen LogP contribution in [-0.2, 0) is 12.7 Å². The summed E-state index contributed by atoms with van der Waals surface area (Å²) in [6.07, 6.45) is -2.38. The number of hydrogen-bond donors (Lipinski definition) is 0. The fraction of sp³-hybridized carbons (Fsp3) is 0.545. The molecule has 1 fully saturated rings. The Balaban J connectivity index is 1.73. The molecule has 1 aliphatic rings. The molecule has 5 nitrogen and oxygen atoms in total. The fourth-order valence-electron chi connectivity index (χ4n) is 1.74. The van der Waals surface area contributed by atoms with Crippen LogP contribution in [0.3, 0.4) is 0 Å². The highest BCUT2D eigenvalue weighted by Gasteiger charge is 2.37. The molecule has 2 aromatic heterocycles. The third kappa shape index (κ3) is 3.20. The highest BCUT2D eigenvalue weighted by Crippen LogP contribution is 2.41. The van der Waals surface area contributed by atoms with Crippen LogP contribution in [0.25, 0.3) is 0 Å². The van der Waals surface area contributed by atoms with Gasteiger partial charge in [0.15, 0.2) is 16.6 Å². The second-order valence-electron chi connectivity index (χ2n) is 4.80. The van der Waals surface area contributed by atoms with Crippen molar-refractivity contribution in [2.45, 2.75) is 31.5 Å². The summed E-state index contributed by atoms with van der Waals surface area (Å²) < 4.78 is 43.2. The molecule has 0 saturated heterocycles. The van der Waals surface area contributed by atoms with Gasteiger partial charge in [-0.2, -0.15) is 18.2 Å². The molecule has 0 N–H and O–H groups in total. The van der Waals surface area contributed by atoms with E-state index in [0.29, 0.717) is 17.6 Å². The first kappa shape index (κ1) is 14.8. The van der Waals surface area contributed by atoms with E-state index in [9.17, 15) is 13.2 Å². The van der Waals surface area contributed by atoms with Gasteiger partial charge in [0.05, 0.1) is 6.54 Å². The maximum Gasteiger partial charge on any atom is 0.435 e. The summed E-state index contributed by atoms with van der Waals surface area (Å²) in [4.78, 5) is 9.42. The van der Waals surface area contributed by atoms with Gasteiger partial charge in [-0.05, 0) is 28.8 Å². The first-order chi connectivity index (χ1) is 9.84. The molecule has 0 atom stereocenters. The van der Waals surface area contributed by atoms with Crippen LogP contribution >= 0.6 is 27.3 Å². The van der Waals surface area contributed by atoms with Crippen molar-refractivity contribution in [3.8, 4) is 0 Å². The highest BCUT2D eigenvalue weighted by atomic mass is 79.9. The lowest BCUT2D eigenvalue weighted by Crippen LogP contribution is -2.17.